The van der Waals surface area contributed by atoms with Gasteiger partial charge in [-0.2, -0.15) is 0 Å². The van der Waals surface area contributed by atoms with Gasteiger partial charge in [0.2, 0.25) is 0 Å². The molecule has 0 spiro atoms. The fraction of sp³-hybridized carbons (Fsp3) is 0.400. The molecule has 0 radical (unpaired) electrons. The first-order valence-electron chi connectivity index (χ1n) is 9.75. The van der Waals surface area contributed by atoms with Gasteiger partial charge in [-0.3, -0.25) is 0 Å². The van der Waals surface area contributed by atoms with Crippen LogP contribution in [-0.2, 0) is 10.8 Å². The first kappa shape index (κ1) is 28.4. The van der Waals surface area contributed by atoms with Crippen molar-refractivity contribution in [1.82, 2.24) is 0 Å². The Morgan fingerprint density at radius 3 is 1.07 bits per heavy atom. The number of halogens is 8. The van der Waals surface area contributed by atoms with Crippen LogP contribution in [0.25, 0.3) is 0 Å². The molecule has 0 heterocycles. The van der Waals surface area contributed by atoms with Crippen LogP contribution in [0.1, 0.15) is 55.6 Å². The van der Waals surface area contributed by atoms with Gasteiger partial charge < -0.3 is 0 Å². The van der Waals surface area contributed by atoms with Gasteiger partial charge in [0, 0.05) is 2.97 Å². The largest absolute Gasteiger partial charge is 0.0702 e. The van der Waals surface area contributed by atoms with Crippen molar-refractivity contribution in [3.8, 4) is 0 Å². The summed E-state index contributed by atoms with van der Waals surface area (Å²) in [6.45, 7) is 16.0. The van der Waals surface area contributed by atoms with Crippen LogP contribution >= 0.6 is 36.7 Å². The predicted octanol–water partition coefficient (Wildman–Crippen LogP) is 7.25. The topological polar surface area (TPSA) is 0 Å². The fourth-order valence-electron chi connectivity index (χ4n) is 2.15. The van der Waals surface area contributed by atoms with Crippen LogP contribution in [0, 0.1) is 7.14 Å². The third-order valence-electron chi connectivity index (χ3n) is 3.64. The van der Waals surface area contributed by atoms with Crippen molar-refractivity contribution >= 4 is 36.7 Å². The molecule has 0 bridgehead atoms. The van der Waals surface area contributed by atoms with Crippen molar-refractivity contribution in [2.75, 3.05) is 0 Å². The van der Waals surface area contributed by atoms with Crippen LogP contribution in [0.3, 0.4) is 0 Å². The number of hydrogen-bond acceptors (Lipinski definition) is 0. The van der Waals surface area contributed by atoms with Crippen molar-refractivity contribution < 1.29 is 49.4 Å². The van der Waals surface area contributed by atoms with E-state index in [9.17, 15) is 25.2 Å². The summed E-state index contributed by atoms with van der Waals surface area (Å²) in [7, 11) is -10.7. The van der Waals surface area contributed by atoms with Crippen LogP contribution in [0.5, 0.6) is 0 Å². The van der Waals surface area contributed by atoms with Gasteiger partial charge in [-0.1, -0.05) is 94.7 Å². The van der Waals surface area contributed by atoms with Gasteiger partial charge in [0.25, 0.3) is 0 Å². The van der Waals surface area contributed by atoms with Gasteiger partial charge in [0.15, 0.2) is 7.14 Å². The van der Waals surface area contributed by atoms with Crippen LogP contribution in [0.2, 0.25) is 0 Å². The Morgan fingerprint density at radius 1 is 0.700 bits per heavy atom. The van der Waals surface area contributed by atoms with Crippen molar-refractivity contribution in [3.05, 3.63) is 66.8 Å². The SMILES string of the molecule is CC(C)(C)c1ccc([I+]c2ccc(C(C)(C)C)cc2)cc1.F[P-](F)(F)(F)(F)F.PI.[2H][3H]. The van der Waals surface area contributed by atoms with Gasteiger partial charge in [0.05, 0.1) is 0 Å². The van der Waals surface area contributed by atoms with Gasteiger partial charge >= 0.3 is 54.2 Å². The molecule has 0 amide bonds. The molecular formula is C20H30F6I2P2. The zero-order valence-corrected chi connectivity index (χ0v) is 24.0. The third-order valence-corrected chi connectivity index (χ3v) is 6.32. The molecule has 176 valence electrons. The average Bonchev–Trinajstić information content (AvgIpc) is 2.62. The van der Waals surface area contributed by atoms with Crippen LogP contribution in [0.4, 0.5) is 25.2 Å². The Kier molecular flexibility index (Phi) is 9.54. The van der Waals surface area contributed by atoms with E-state index < -0.39 is 7.81 Å². The number of benzene rings is 2. The smallest absolute Gasteiger partial charge is 0 e. The first-order chi connectivity index (χ1) is 14.1. The zero-order chi connectivity index (χ0) is 26.1. The van der Waals surface area contributed by atoms with E-state index in [4.69, 9.17) is 2.97 Å². The number of hydrogen-bond donors (Lipinski definition) is 0. The summed E-state index contributed by atoms with van der Waals surface area (Å²) in [5, 5.41) is 0. The number of rotatable bonds is 2. The van der Waals surface area contributed by atoms with Crippen LogP contribution in [0.15, 0.2) is 48.5 Å². The second-order valence-corrected chi connectivity index (χ2v) is 13.5. The molecule has 2 aromatic carbocycles. The maximum atomic E-state index is 9.87. The summed E-state index contributed by atoms with van der Waals surface area (Å²) in [6, 6.07) is 18.4. The van der Waals surface area contributed by atoms with E-state index in [2.05, 4.69) is 119 Å². The van der Waals surface area contributed by atoms with E-state index in [1.165, 1.54) is 18.3 Å². The fourth-order valence-corrected chi connectivity index (χ4v) is 4.31. The minimum Gasteiger partial charge on any atom is -0.0702 e. The normalized spacial score (nSPS) is 14.6. The summed E-state index contributed by atoms with van der Waals surface area (Å²) >= 11 is 2.00. The van der Waals surface area contributed by atoms with E-state index in [1.807, 2.05) is 0 Å². The molecule has 1 unspecified atom stereocenters. The van der Waals surface area contributed by atoms with Crippen LogP contribution < -0.4 is 21.2 Å². The second-order valence-electron chi connectivity index (χ2n) is 8.57. The summed E-state index contributed by atoms with van der Waals surface area (Å²) in [5.74, 6) is 0. The zero-order valence-electron chi connectivity index (χ0n) is 19.7. The first-order valence-corrected chi connectivity index (χ1v) is 17.1. The minimum atomic E-state index is -10.7. The molecule has 0 nitrogen and oxygen atoms in total. The van der Waals surface area contributed by atoms with Crippen LogP contribution in [-0.4, -0.2) is 0 Å². The van der Waals surface area contributed by atoms with E-state index in [0.29, 0.717) is 0 Å². The molecule has 1 atom stereocenters. The second kappa shape index (κ2) is 10.1. The van der Waals surface area contributed by atoms with E-state index >= 15 is 0 Å². The Labute approximate surface area is 204 Å². The summed E-state index contributed by atoms with van der Waals surface area (Å²) in [4.78, 5) is 0. The van der Waals surface area contributed by atoms with Crippen molar-refractivity contribution in [2.24, 2.45) is 0 Å². The molecule has 30 heavy (non-hydrogen) atoms. The van der Waals surface area contributed by atoms with Gasteiger partial charge in [-0.25, -0.2) is 0 Å². The summed E-state index contributed by atoms with van der Waals surface area (Å²) < 4.78 is 72.2. The third kappa shape index (κ3) is 16.0. The van der Waals surface area contributed by atoms with Crippen molar-refractivity contribution in [3.63, 3.8) is 0 Å². The maximum Gasteiger partial charge on any atom is 0 e. The molecule has 2 aromatic rings. The molecule has 0 aromatic heterocycles. The van der Waals surface area contributed by atoms with Gasteiger partial charge in [0.1, 0.15) is 0 Å². The summed E-state index contributed by atoms with van der Waals surface area (Å²) in [6.07, 6.45) is 0. The molecule has 0 fully saturated rings. The minimum absolute atomic E-state index is 0.0703. The molecule has 2 rings (SSSR count). The monoisotopic (exact) mass is 703 g/mol. The Balaban J connectivity index is 0. The Bertz CT molecular complexity index is 733. The Morgan fingerprint density at radius 2 is 0.900 bits per heavy atom. The maximum absolute atomic E-state index is 10.7. The molecule has 10 heteroatoms. The summed E-state index contributed by atoms with van der Waals surface area (Å²) in [5.41, 5.74) is 3.31. The molecule has 0 aliphatic rings. The predicted molar refractivity (Wildman–Crippen MR) is 127 cm³/mol. The standard InChI is InChI=1S/C20H26I.F6P.H2IP.H2/c1-19(2,3)15-7-11-17(12-8-15)21-18-13-9-16(10-14-18)20(4,5)6;1-7(2,3,4,5)6;1-2;/h7-14H,1-6H3;;2H2;1H/q+1;-1;;/i;;;1+2D. The average molecular weight is 703 g/mol. The molecule has 0 saturated heterocycles. The van der Waals surface area contributed by atoms with E-state index in [-0.39, 0.29) is 32.0 Å². The molecule has 0 aliphatic carbocycles. The van der Waals surface area contributed by atoms with Crippen molar-refractivity contribution in [1.29, 1.82) is 0 Å². The molecular weight excluding hydrogens is 670 g/mol. The Hall–Kier alpha value is 0.340. The van der Waals surface area contributed by atoms with Gasteiger partial charge in [-0.05, 0) is 46.2 Å². The molecule has 0 saturated carbocycles. The van der Waals surface area contributed by atoms with E-state index in [0.717, 1.165) is 0 Å². The quantitative estimate of drug-likeness (QED) is 0.176. The van der Waals surface area contributed by atoms with E-state index in [1.54, 1.807) is 0 Å². The van der Waals surface area contributed by atoms with Crippen molar-refractivity contribution in [2.45, 2.75) is 52.4 Å². The van der Waals surface area contributed by atoms with Gasteiger partial charge in [-0.15, -0.1) is 0 Å². The molecule has 0 N–H and O–H groups in total. The molecule has 0 aliphatic heterocycles.